The lowest BCUT2D eigenvalue weighted by Crippen LogP contribution is -2.36. The molecule has 136 valence electrons. The maximum Gasteiger partial charge on any atom is 0.303 e. The van der Waals surface area contributed by atoms with Gasteiger partial charge in [0.1, 0.15) is 6.79 Å². The number of Topliss-reactive ketones (excluding diaryl/α,β-unsaturated/α-hetero) is 1. The molecule has 5 nitrogen and oxygen atoms in total. The second-order valence-electron chi connectivity index (χ2n) is 9.07. The van der Waals surface area contributed by atoms with Gasteiger partial charge in [0.2, 0.25) is 0 Å². The molecule has 0 heterocycles. The minimum atomic E-state index is -1.08. The summed E-state index contributed by atoms with van der Waals surface area (Å²) in [5, 5.41) is 0. The Bertz CT molecular complexity index is 542. The number of carbonyl (C=O) groups excluding carboxylic acids is 2. The van der Waals surface area contributed by atoms with E-state index < -0.39 is 14.2 Å². The number of rotatable bonds is 7. The van der Waals surface area contributed by atoms with Crippen LogP contribution in [0.1, 0.15) is 33.1 Å². The number of ether oxygens (including phenoxy) is 3. The van der Waals surface area contributed by atoms with Gasteiger partial charge in [-0.25, -0.2) is 0 Å². The van der Waals surface area contributed by atoms with Crippen molar-refractivity contribution in [2.45, 2.75) is 71.0 Å². The van der Waals surface area contributed by atoms with Gasteiger partial charge in [0, 0.05) is 38.9 Å². The topological polar surface area (TPSA) is 61.8 Å². The quantitative estimate of drug-likeness (QED) is 0.304. The molecule has 24 heavy (non-hydrogen) atoms. The molecular formula is C18H30O5Si. The molecular weight excluding hydrogens is 324 g/mol. The van der Waals surface area contributed by atoms with Crippen molar-refractivity contribution in [3.63, 3.8) is 0 Å². The third kappa shape index (κ3) is 2.67. The van der Waals surface area contributed by atoms with E-state index in [9.17, 15) is 9.59 Å². The zero-order chi connectivity index (χ0) is 17.8. The smallest absolute Gasteiger partial charge is 0.303 e. The molecule has 3 fully saturated rings. The minimum Gasteiger partial charge on any atom is -0.454 e. The average molecular weight is 355 g/mol. The Balaban J connectivity index is 1.55. The summed E-state index contributed by atoms with van der Waals surface area (Å²) >= 11 is 0. The third-order valence-corrected chi connectivity index (χ3v) is 8.26. The molecule has 0 aromatic heterocycles. The molecule has 3 aliphatic carbocycles. The number of ketones is 1. The first-order valence-electron chi connectivity index (χ1n) is 9.02. The molecule has 3 saturated carbocycles. The number of hydrogen-bond donors (Lipinski definition) is 0. The largest absolute Gasteiger partial charge is 0.454 e. The molecule has 3 rings (SSSR count). The lowest BCUT2D eigenvalue weighted by atomic mass is 9.88. The van der Waals surface area contributed by atoms with Gasteiger partial charge in [-0.3, -0.25) is 9.59 Å². The van der Waals surface area contributed by atoms with Crippen LogP contribution in [0.3, 0.4) is 0 Å². The second-order valence-corrected chi connectivity index (χ2v) is 14.7. The highest BCUT2D eigenvalue weighted by Gasteiger charge is 2.87. The summed E-state index contributed by atoms with van der Waals surface area (Å²) in [5.41, 5.74) is -0.234. The fraction of sp³-hybridized carbons (Fsp3) is 0.889. The fourth-order valence-corrected chi connectivity index (χ4v) is 5.99. The molecule has 1 spiro atoms. The maximum absolute atomic E-state index is 12.2. The van der Waals surface area contributed by atoms with Gasteiger partial charge >= 0.3 is 5.97 Å². The summed E-state index contributed by atoms with van der Waals surface area (Å²) < 4.78 is 17.1. The number of fused-ring (bicyclic) bond motifs is 1. The minimum absolute atomic E-state index is 0.0524. The normalized spacial score (nSPS) is 40.4. The van der Waals surface area contributed by atoms with E-state index in [1.54, 1.807) is 0 Å². The first-order valence-corrected chi connectivity index (χ1v) is 12.7. The van der Waals surface area contributed by atoms with Crippen LogP contribution in [0, 0.1) is 16.7 Å². The van der Waals surface area contributed by atoms with Crippen molar-refractivity contribution in [3.05, 3.63) is 0 Å². The number of carbonyl (C=O) groups is 2. The van der Waals surface area contributed by atoms with E-state index in [-0.39, 0.29) is 28.7 Å². The van der Waals surface area contributed by atoms with E-state index >= 15 is 0 Å². The lowest BCUT2D eigenvalue weighted by molar-refractivity contribution is -0.157. The van der Waals surface area contributed by atoms with Crippen LogP contribution in [0.2, 0.25) is 25.7 Å². The Morgan fingerprint density at radius 1 is 1.33 bits per heavy atom. The van der Waals surface area contributed by atoms with E-state index in [0.29, 0.717) is 19.1 Å². The highest BCUT2D eigenvalue weighted by atomic mass is 28.3. The zero-order valence-corrected chi connectivity index (χ0v) is 16.5. The summed E-state index contributed by atoms with van der Waals surface area (Å²) in [5.74, 6) is 0.0129. The van der Waals surface area contributed by atoms with E-state index in [1.165, 1.54) is 6.92 Å². The predicted molar refractivity (Wildman–Crippen MR) is 92.3 cm³/mol. The summed E-state index contributed by atoms with van der Waals surface area (Å²) in [4.78, 5) is 23.6. The Morgan fingerprint density at radius 2 is 2.04 bits per heavy atom. The summed E-state index contributed by atoms with van der Waals surface area (Å²) in [7, 11) is -1.08. The van der Waals surface area contributed by atoms with Crippen LogP contribution in [0.4, 0.5) is 0 Å². The van der Waals surface area contributed by atoms with Gasteiger partial charge in [0.05, 0.1) is 6.10 Å². The molecule has 1 unspecified atom stereocenters. The molecule has 0 aromatic rings. The van der Waals surface area contributed by atoms with E-state index in [0.717, 1.165) is 25.5 Å². The van der Waals surface area contributed by atoms with Crippen molar-refractivity contribution < 1.29 is 23.8 Å². The number of esters is 1. The molecule has 0 saturated heterocycles. The van der Waals surface area contributed by atoms with E-state index in [1.807, 2.05) is 0 Å². The first-order chi connectivity index (χ1) is 11.1. The Morgan fingerprint density at radius 3 is 2.67 bits per heavy atom. The van der Waals surface area contributed by atoms with Crippen LogP contribution in [0.25, 0.3) is 0 Å². The first kappa shape index (κ1) is 18.1. The fourth-order valence-electron chi connectivity index (χ4n) is 5.23. The van der Waals surface area contributed by atoms with Gasteiger partial charge in [0.25, 0.3) is 0 Å². The van der Waals surface area contributed by atoms with Crippen molar-refractivity contribution in [2.75, 3.05) is 13.4 Å². The van der Waals surface area contributed by atoms with Crippen molar-refractivity contribution in [1.82, 2.24) is 0 Å². The summed E-state index contributed by atoms with van der Waals surface area (Å²) in [6.07, 6.45) is 1.87. The van der Waals surface area contributed by atoms with E-state index in [4.69, 9.17) is 14.2 Å². The van der Waals surface area contributed by atoms with Crippen LogP contribution < -0.4 is 0 Å². The predicted octanol–water partition coefficient (Wildman–Crippen LogP) is 3.00. The van der Waals surface area contributed by atoms with Crippen LogP contribution in [-0.4, -0.2) is 45.4 Å². The molecule has 6 heteroatoms. The van der Waals surface area contributed by atoms with Crippen molar-refractivity contribution in [1.29, 1.82) is 0 Å². The van der Waals surface area contributed by atoms with Crippen LogP contribution in [0.15, 0.2) is 0 Å². The molecule has 3 aliphatic rings. The molecule has 0 aliphatic heterocycles. The van der Waals surface area contributed by atoms with Gasteiger partial charge in [-0.05, 0) is 24.8 Å². The number of hydrogen-bond acceptors (Lipinski definition) is 5. The van der Waals surface area contributed by atoms with Crippen LogP contribution in [-0.2, 0) is 23.8 Å². The van der Waals surface area contributed by atoms with Gasteiger partial charge < -0.3 is 14.2 Å². The molecule has 0 bridgehead atoms. The van der Waals surface area contributed by atoms with Crippen LogP contribution in [0.5, 0.6) is 0 Å². The molecule has 0 radical (unpaired) electrons. The Hall–Kier alpha value is -0.723. The van der Waals surface area contributed by atoms with Crippen LogP contribution >= 0.6 is 0 Å². The maximum atomic E-state index is 12.2. The molecule has 5 atom stereocenters. The van der Waals surface area contributed by atoms with Gasteiger partial charge in [-0.2, -0.15) is 0 Å². The average Bonchev–Trinajstić information content (AvgIpc) is 2.71. The van der Waals surface area contributed by atoms with Gasteiger partial charge in [-0.1, -0.05) is 26.6 Å². The summed E-state index contributed by atoms with van der Waals surface area (Å²) in [6.45, 7) is 11.6. The summed E-state index contributed by atoms with van der Waals surface area (Å²) in [6, 6.07) is 1.13. The monoisotopic (exact) mass is 354 g/mol. The highest BCUT2D eigenvalue weighted by Crippen LogP contribution is 2.83. The zero-order valence-electron chi connectivity index (χ0n) is 15.5. The third-order valence-electron chi connectivity index (χ3n) is 6.55. The SMILES string of the molecule is CC(=O)O[C@@H]1C(=O)C[C@@H]2C13CC[C@H](OCOCC[Si](C)(C)C)[C@@]23C. The Kier molecular flexibility index (Phi) is 4.46. The molecule has 0 N–H and O–H groups in total. The molecule has 0 aromatic carbocycles. The van der Waals surface area contributed by atoms with Crippen molar-refractivity contribution in [2.24, 2.45) is 16.7 Å². The van der Waals surface area contributed by atoms with E-state index in [2.05, 4.69) is 26.6 Å². The van der Waals surface area contributed by atoms with Crippen molar-refractivity contribution >= 4 is 19.8 Å². The van der Waals surface area contributed by atoms with Gasteiger partial charge in [-0.15, -0.1) is 0 Å². The Labute approximate surface area is 145 Å². The van der Waals surface area contributed by atoms with Gasteiger partial charge in [0.15, 0.2) is 11.9 Å². The molecule has 0 amide bonds. The van der Waals surface area contributed by atoms with Crippen molar-refractivity contribution in [3.8, 4) is 0 Å². The highest BCUT2D eigenvalue weighted by molar-refractivity contribution is 6.76. The lowest BCUT2D eigenvalue weighted by Gasteiger charge is -2.26. The standard InChI is InChI=1S/C18H30O5Si/c1-12(19)23-16-13(20)10-14-17(2)15(6-7-18(14,16)17)22-11-21-8-9-24(3,4)5/h14-16H,6-11H2,1-5H3/t14-,15-,16+,17+,18?/m0/s1. The second kappa shape index (κ2) is 5.92.